The number of aromatic nitrogens is 2. The first-order chi connectivity index (χ1) is 9.61. The molecule has 0 aliphatic rings. The van der Waals surface area contributed by atoms with Gasteiger partial charge in [-0.25, -0.2) is 9.37 Å². The summed E-state index contributed by atoms with van der Waals surface area (Å²) in [7, 11) is 0. The SMILES string of the molecule is Cc1cccc2nc(-c3ccc(F)c(C#N)c3)c(N)n12. The van der Waals surface area contributed by atoms with Crippen LogP contribution in [0.1, 0.15) is 11.3 Å². The molecule has 4 nitrogen and oxygen atoms in total. The standard InChI is InChI=1S/C15H11FN4/c1-9-3-2-4-13-19-14(15(18)20(9)13)10-5-6-12(16)11(7-10)8-17/h2-7H,18H2,1H3. The number of hydrogen-bond donors (Lipinski definition) is 1. The van der Waals surface area contributed by atoms with Crippen molar-refractivity contribution in [2.24, 2.45) is 0 Å². The zero-order valence-corrected chi connectivity index (χ0v) is 10.8. The third kappa shape index (κ3) is 1.70. The second kappa shape index (κ2) is 4.35. The summed E-state index contributed by atoms with van der Waals surface area (Å²) in [5.41, 5.74) is 8.97. The number of rotatable bonds is 1. The van der Waals surface area contributed by atoms with E-state index in [1.165, 1.54) is 12.1 Å². The van der Waals surface area contributed by atoms with Gasteiger partial charge in [0, 0.05) is 11.3 Å². The van der Waals surface area contributed by atoms with Gasteiger partial charge in [-0.2, -0.15) is 5.26 Å². The van der Waals surface area contributed by atoms with Crippen molar-refractivity contribution in [3.63, 3.8) is 0 Å². The van der Waals surface area contributed by atoms with E-state index in [9.17, 15) is 4.39 Å². The molecular weight excluding hydrogens is 255 g/mol. The van der Waals surface area contributed by atoms with Gasteiger partial charge in [-0.1, -0.05) is 6.07 Å². The summed E-state index contributed by atoms with van der Waals surface area (Å²) < 4.78 is 15.2. The van der Waals surface area contributed by atoms with Gasteiger partial charge in [-0.05, 0) is 37.3 Å². The van der Waals surface area contributed by atoms with Gasteiger partial charge in [-0.3, -0.25) is 4.40 Å². The highest BCUT2D eigenvalue weighted by molar-refractivity contribution is 5.76. The number of halogens is 1. The Balaban J connectivity index is 2.28. The molecule has 1 aromatic carbocycles. The van der Waals surface area contributed by atoms with Gasteiger partial charge in [0.1, 0.15) is 29.0 Å². The van der Waals surface area contributed by atoms with E-state index in [1.54, 1.807) is 6.07 Å². The number of pyridine rings is 1. The number of nitrogens with two attached hydrogens (primary N) is 1. The number of nitrogen functional groups attached to an aromatic ring is 1. The van der Waals surface area contributed by atoms with E-state index in [0.29, 0.717) is 17.1 Å². The monoisotopic (exact) mass is 266 g/mol. The number of nitriles is 1. The van der Waals surface area contributed by atoms with Gasteiger partial charge in [0.15, 0.2) is 0 Å². The molecule has 0 aliphatic carbocycles. The number of nitrogens with zero attached hydrogens (tertiary/aromatic N) is 3. The Morgan fingerprint density at radius 1 is 1.30 bits per heavy atom. The molecule has 0 aliphatic heterocycles. The van der Waals surface area contributed by atoms with Crippen LogP contribution < -0.4 is 5.73 Å². The molecule has 0 saturated heterocycles. The number of benzene rings is 1. The Labute approximate surface area is 114 Å². The molecule has 0 amide bonds. The molecule has 2 N–H and O–H groups in total. The van der Waals surface area contributed by atoms with Crippen molar-refractivity contribution >= 4 is 11.5 Å². The van der Waals surface area contributed by atoms with Gasteiger partial charge in [-0.15, -0.1) is 0 Å². The molecule has 0 bridgehead atoms. The molecule has 0 spiro atoms. The average Bonchev–Trinajstić information content (AvgIpc) is 2.78. The number of fused-ring (bicyclic) bond motifs is 1. The largest absolute Gasteiger partial charge is 0.383 e. The van der Waals surface area contributed by atoms with Crippen molar-refractivity contribution < 1.29 is 4.39 Å². The maximum absolute atomic E-state index is 13.4. The summed E-state index contributed by atoms with van der Waals surface area (Å²) in [6, 6.07) is 11.8. The molecule has 2 heterocycles. The molecule has 0 radical (unpaired) electrons. The van der Waals surface area contributed by atoms with Crippen molar-refractivity contribution in [2.45, 2.75) is 6.92 Å². The highest BCUT2D eigenvalue weighted by Gasteiger charge is 2.14. The van der Waals surface area contributed by atoms with Gasteiger partial charge < -0.3 is 5.73 Å². The fourth-order valence-electron chi connectivity index (χ4n) is 2.25. The Morgan fingerprint density at radius 2 is 2.10 bits per heavy atom. The maximum atomic E-state index is 13.4. The van der Waals surface area contributed by atoms with Crippen LogP contribution in [0.4, 0.5) is 10.2 Å². The van der Waals surface area contributed by atoms with Gasteiger partial charge in [0.05, 0.1) is 5.56 Å². The number of anilines is 1. The Bertz CT molecular complexity index is 858. The normalized spacial score (nSPS) is 10.7. The molecule has 2 aromatic heterocycles. The molecule has 98 valence electrons. The van der Waals surface area contributed by atoms with Crippen molar-refractivity contribution in [2.75, 3.05) is 5.73 Å². The van der Waals surface area contributed by atoms with E-state index in [1.807, 2.05) is 35.6 Å². The molecule has 20 heavy (non-hydrogen) atoms. The lowest BCUT2D eigenvalue weighted by Crippen LogP contribution is -1.97. The molecule has 5 heteroatoms. The minimum Gasteiger partial charge on any atom is -0.383 e. The maximum Gasteiger partial charge on any atom is 0.140 e. The summed E-state index contributed by atoms with van der Waals surface area (Å²) in [5, 5.41) is 8.90. The van der Waals surface area contributed by atoms with Gasteiger partial charge in [0.2, 0.25) is 0 Å². The molecular formula is C15H11FN4. The van der Waals surface area contributed by atoms with E-state index in [2.05, 4.69) is 4.98 Å². The van der Waals surface area contributed by atoms with Gasteiger partial charge >= 0.3 is 0 Å². The predicted molar refractivity (Wildman–Crippen MR) is 74.5 cm³/mol. The van der Waals surface area contributed by atoms with Crippen molar-refractivity contribution in [3.05, 3.63) is 53.5 Å². The van der Waals surface area contributed by atoms with Crippen LogP contribution in [0, 0.1) is 24.1 Å². The van der Waals surface area contributed by atoms with E-state index >= 15 is 0 Å². The lowest BCUT2D eigenvalue weighted by Gasteiger charge is -2.02. The third-order valence-corrected chi connectivity index (χ3v) is 3.23. The van der Waals surface area contributed by atoms with Crippen LogP contribution in [0.25, 0.3) is 16.9 Å². The first kappa shape index (κ1) is 12.2. The van der Waals surface area contributed by atoms with Crippen LogP contribution in [0.2, 0.25) is 0 Å². The average molecular weight is 266 g/mol. The second-order valence-electron chi connectivity index (χ2n) is 4.51. The lowest BCUT2D eigenvalue weighted by atomic mass is 10.1. The van der Waals surface area contributed by atoms with Crippen LogP contribution in [0.15, 0.2) is 36.4 Å². The molecule has 0 saturated carbocycles. The molecule has 0 unspecified atom stereocenters. The quantitative estimate of drug-likeness (QED) is 0.736. The van der Waals surface area contributed by atoms with Crippen LogP contribution in [-0.2, 0) is 0 Å². The van der Waals surface area contributed by atoms with E-state index in [0.717, 1.165) is 11.3 Å². The Kier molecular flexibility index (Phi) is 2.65. The fourth-order valence-corrected chi connectivity index (χ4v) is 2.25. The van der Waals surface area contributed by atoms with Crippen LogP contribution >= 0.6 is 0 Å². The molecule has 0 fully saturated rings. The molecule has 3 rings (SSSR count). The lowest BCUT2D eigenvalue weighted by molar-refractivity contribution is 0.624. The summed E-state index contributed by atoms with van der Waals surface area (Å²) in [6.07, 6.45) is 0. The van der Waals surface area contributed by atoms with Gasteiger partial charge in [0.25, 0.3) is 0 Å². The van der Waals surface area contributed by atoms with E-state index in [-0.39, 0.29) is 5.56 Å². The fraction of sp³-hybridized carbons (Fsp3) is 0.0667. The van der Waals surface area contributed by atoms with Crippen LogP contribution in [0.3, 0.4) is 0 Å². The Morgan fingerprint density at radius 3 is 2.80 bits per heavy atom. The summed E-state index contributed by atoms with van der Waals surface area (Å²) in [4.78, 5) is 4.45. The predicted octanol–water partition coefficient (Wildman–Crippen LogP) is 2.90. The van der Waals surface area contributed by atoms with E-state index in [4.69, 9.17) is 11.0 Å². The van der Waals surface area contributed by atoms with Crippen LogP contribution in [0.5, 0.6) is 0 Å². The van der Waals surface area contributed by atoms with Crippen molar-refractivity contribution in [3.8, 4) is 17.3 Å². The second-order valence-corrected chi connectivity index (χ2v) is 4.51. The van der Waals surface area contributed by atoms with Crippen molar-refractivity contribution in [1.29, 1.82) is 5.26 Å². The minimum absolute atomic E-state index is 0.0179. The third-order valence-electron chi connectivity index (χ3n) is 3.23. The minimum atomic E-state index is -0.547. The smallest absolute Gasteiger partial charge is 0.140 e. The summed E-state index contributed by atoms with van der Waals surface area (Å²) in [6.45, 7) is 1.93. The van der Waals surface area contributed by atoms with E-state index < -0.39 is 5.82 Å². The summed E-state index contributed by atoms with van der Waals surface area (Å²) >= 11 is 0. The molecule has 0 atom stereocenters. The van der Waals surface area contributed by atoms with Crippen LogP contribution in [-0.4, -0.2) is 9.38 Å². The molecule has 3 aromatic rings. The topological polar surface area (TPSA) is 67.1 Å². The Hall–Kier alpha value is -2.87. The first-order valence-electron chi connectivity index (χ1n) is 6.05. The number of imidazole rings is 1. The first-order valence-corrected chi connectivity index (χ1v) is 6.05. The zero-order valence-electron chi connectivity index (χ0n) is 10.8. The highest BCUT2D eigenvalue weighted by atomic mass is 19.1. The highest BCUT2D eigenvalue weighted by Crippen LogP contribution is 2.28. The number of aryl methyl sites for hydroxylation is 1. The zero-order chi connectivity index (χ0) is 14.3. The van der Waals surface area contributed by atoms with Crippen molar-refractivity contribution in [1.82, 2.24) is 9.38 Å². The number of hydrogen-bond acceptors (Lipinski definition) is 3. The summed E-state index contributed by atoms with van der Waals surface area (Å²) in [5.74, 6) is -0.0663.